The molecule has 0 spiro atoms. The van der Waals surface area contributed by atoms with Crippen LogP contribution in [0.2, 0.25) is 5.02 Å². The summed E-state index contributed by atoms with van der Waals surface area (Å²) in [4.78, 5) is 17.5. The number of carbonyl (C=O) groups excluding carboxylic acids is 1. The highest BCUT2D eigenvalue weighted by Gasteiger charge is 2.16. The lowest BCUT2D eigenvalue weighted by Gasteiger charge is -2.18. The van der Waals surface area contributed by atoms with Gasteiger partial charge in [-0.1, -0.05) is 23.7 Å². The molecule has 0 radical (unpaired) electrons. The number of amides is 1. The Bertz CT molecular complexity index is 970. The summed E-state index contributed by atoms with van der Waals surface area (Å²) in [6, 6.07) is 15.2. The van der Waals surface area contributed by atoms with E-state index in [1.165, 1.54) is 10.5 Å². The molecule has 0 bridgehead atoms. The number of fused-ring (bicyclic) bond motifs is 1. The van der Waals surface area contributed by atoms with Gasteiger partial charge in [0.15, 0.2) is 0 Å². The summed E-state index contributed by atoms with van der Waals surface area (Å²) in [6.45, 7) is 2.80. The van der Waals surface area contributed by atoms with Crippen LogP contribution in [0, 0.1) is 6.92 Å². The lowest BCUT2D eigenvalue weighted by Crippen LogP contribution is -2.15. The third-order valence-electron chi connectivity index (χ3n) is 4.56. The maximum Gasteiger partial charge on any atom is 0.219 e. The number of aryl methyl sites for hydroxylation is 1. The van der Waals surface area contributed by atoms with Crippen LogP contribution in [0.4, 0.5) is 11.5 Å². The van der Waals surface area contributed by atoms with E-state index in [1.807, 2.05) is 24.3 Å². The SMILES string of the molecule is Cc1cc2c(cc1-c1ccc(N(C=O)c3ccccc3Cl)nc1)CCO2. The van der Waals surface area contributed by atoms with Crippen LogP contribution in [-0.2, 0) is 11.2 Å². The third kappa shape index (κ3) is 2.93. The molecule has 1 aromatic heterocycles. The van der Waals surface area contributed by atoms with Gasteiger partial charge >= 0.3 is 0 Å². The normalized spacial score (nSPS) is 12.4. The highest BCUT2D eigenvalue weighted by Crippen LogP contribution is 2.35. The van der Waals surface area contributed by atoms with E-state index in [0.29, 0.717) is 16.5 Å². The summed E-state index contributed by atoms with van der Waals surface area (Å²) in [5.74, 6) is 1.50. The van der Waals surface area contributed by atoms with Crippen LogP contribution in [0.5, 0.6) is 5.75 Å². The van der Waals surface area contributed by atoms with Gasteiger partial charge in [0.2, 0.25) is 6.41 Å². The van der Waals surface area contributed by atoms with Gasteiger partial charge < -0.3 is 4.74 Å². The second kappa shape index (κ2) is 6.81. The quantitative estimate of drug-likeness (QED) is 0.616. The number of benzene rings is 2. The number of para-hydroxylation sites is 1. The Morgan fingerprint density at radius 2 is 2.04 bits per heavy atom. The molecule has 1 aliphatic rings. The fourth-order valence-electron chi connectivity index (χ4n) is 3.21. The van der Waals surface area contributed by atoms with Gasteiger partial charge in [-0.25, -0.2) is 4.98 Å². The summed E-state index contributed by atoms with van der Waals surface area (Å²) in [6.07, 6.45) is 3.44. The Balaban J connectivity index is 1.69. The smallest absolute Gasteiger partial charge is 0.219 e. The standard InChI is InChI=1S/C21H17ClN2O2/c1-14-10-20-15(8-9-26-20)11-17(14)16-6-7-21(23-12-16)24(13-25)19-5-3-2-4-18(19)22/h2-7,10-13H,8-9H2,1H3. The second-order valence-corrected chi connectivity index (χ2v) is 6.61. The van der Waals surface area contributed by atoms with Crippen LogP contribution in [0.3, 0.4) is 0 Å². The summed E-state index contributed by atoms with van der Waals surface area (Å²) in [5.41, 5.74) is 5.10. The van der Waals surface area contributed by atoms with Crippen molar-refractivity contribution >= 4 is 29.5 Å². The number of hydrogen-bond donors (Lipinski definition) is 0. The highest BCUT2D eigenvalue weighted by atomic mass is 35.5. The largest absolute Gasteiger partial charge is 0.493 e. The fraction of sp³-hybridized carbons (Fsp3) is 0.143. The molecule has 4 nitrogen and oxygen atoms in total. The van der Waals surface area contributed by atoms with Gasteiger partial charge in [0.05, 0.1) is 17.3 Å². The molecule has 26 heavy (non-hydrogen) atoms. The highest BCUT2D eigenvalue weighted by molar-refractivity contribution is 6.33. The predicted octanol–water partition coefficient (Wildman–Crippen LogP) is 4.94. The van der Waals surface area contributed by atoms with Gasteiger partial charge in [0, 0.05) is 18.2 Å². The minimum absolute atomic E-state index is 0.500. The molecule has 2 heterocycles. The number of ether oxygens (including phenoxy) is 1. The monoisotopic (exact) mass is 364 g/mol. The first-order valence-corrected chi connectivity index (χ1v) is 8.77. The molecule has 0 fully saturated rings. The molecule has 0 N–H and O–H groups in total. The predicted molar refractivity (Wildman–Crippen MR) is 103 cm³/mol. The van der Waals surface area contributed by atoms with E-state index in [9.17, 15) is 4.79 Å². The Labute approximate surface area is 157 Å². The maximum absolute atomic E-state index is 11.6. The number of anilines is 2. The van der Waals surface area contributed by atoms with Crippen LogP contribution < -0.4 is 9.64 Å². The number of pyridine rings is 1. The fourth-order valence-corrected chi connectivity index (χ4v) is 3.43. The molecule has 0 unspecified atom stereocenters. The van der Waals surface area contributed by atoms with E-state index < -0.39 is 0 Å². The van der Waals surface area contributed by atoms with E-state index in [4.69, 9.17) is 16.3 Å². The first-order valence-electron chi connectivity index (χ1n) is 8.39. The second-order valence-electron chi connectivity index (χ2n) is 6.21. The van der Waals surface area contributed by atoms with Crippen molar-refractivity contribution in [3.05, 3.63) is 70.9 Å². The molecule has 4 rings (SSSR count). The molecule has 0 saturated carbocycles. The Kier molecular flexibility index (Phi) is 4.35. The van der Waals surface area contributed by atoms with E-state index >= 15 is 0 Å². The van der Waals surface area contributed by atoms with Crippen molar-refractivity contribution in [3.63, 3.8) is 0 Å². The van der Waals surface area contributed by atoms with Gasteiger partial charge in [-0.3, -0.25) is 9.69 Å². The Morgan fingerprint density at radius 1 is 1.19 bits per heavy atom. The Hall–Kier alpha value is -2.85. The molecule has 5 heteroatoms. The van der Waals surface area contributed by atoms with Crippen molar-refractivity contribution in [2.24, 2.45) is 0 Å². The van der Waals surface area contributed by atoms with Crippen molar-refractivity contribution in [2.75, 3.05) is 11.5 Å². The van der Waals surface area contributed by atoms with E-state index in [0.717, 1.165) is 41.9 Å². The van der Waals surface area contributed by atoms with Gasteiger partial charge in [-0.05, 0) is 60.0 Å². The number of halogens is 1. The first kappa shape index (κ1) is 16.6. The molecular weight excluding hydrogens is 348 g/mol. The molecule has 130 valence electrons. The van der Waals surface area contributed by atoms with Crippen LogP contribution in [0.15, 0.2) is 54.7 Å². The number of nitrogens with zero attached hydrogens (tertiary/aromatic N) is 2. The van der Waals surface area contributed by atoms with Gasteiger partial charge in [-0.2, -0.15) is 0 Å². The number of carbonyl (C=O) groups is 1. The van der Waals surface area contributed by atoms with Crippen LogP contribution in [0.1, 0.15) is 11.1 Å². The van der Waals surface area contributed by atoms with E-state index in [-0.39, 0.29) is 0 Å². The summed E-state index contributed by atoms with van der Waals surface area (Å²) in [7, 11) is 0. The van der Waals surface area contributed by atoms with E-state index in [2.05, 4.69) is 24.0 Å². The zero-order chi connectivity index (χ0) is 18.1. The molecular formula is C21H17ClN2O2. The molecule has 2 aromatic carbocycles. The summed E-state index contributed by atoms with van der Waals surface area (Å²) >= 11 is 6.21. The molecule has 3 aromatic rings. The van der Waals surface area contributed by atoms with Crippen LogP contribution in [0.25, 0.3) is 11.1 Å². The number of aromatic nitrogens is 1. The minimum atomic E-state index is 0.500. The van der Waals surface area contributed by atoms with Crippen molar-refractivity contribution < 1.29 is 9.53 Å². The lowest BCUT2D eigenvalue weighted by atomic mass is 9.98. The van der Waals surface area contributed by atoms with E-state index in [1.54, 1.807) is 18.3 Å². The Morgan fingerprint density at radius 3 is 2.77 bits per heavy atom. The van der Waals surface area contributed by atoms with Crippen LogP contribution >= 0.6 is 11.6 Å². The zero-order valence-electron chi connectivity index (χ0n) is 14.3. The van der Waals surface area contributed by atoms with Crippen molar-refractivity contribution in [1.29, 1.82) is 0 Å². The van der Waals surface area contributed by atoms with Gasteiger partial charge in [-0.15, -0.1) is 0 Å². The number of rotatable bonds is 4. The molecule has 1 aliphatic heterocycles. The minimum Gasteiger partial charge on any atom is -0.493 e. The van der Waals surface area contributed by atoms with Gasteiger partial charge in [0.25, 0.3) is 0 Å². The average Bonchev–Trinajstić information content (AvgIpc) is 3.11. The maximum atomic E-state index is 11.6. The van der Waals surface area contributed by atoms with Crippen molar-refractivity contribution in [2.45, 2.75) is 13.3 Å². The summed E-state index contributed by atoms with van der Waals surface area (Å²) < 4.78 is 5.62. The van der Waals surface area contributed by atoms with Crippen molar-refractivity contribution in [3.8, 4) is 16.9 Å². The van der Waals surface area contributed by atoms with Crippen molar-refractivity contribution in [1.82, 2.24) is 4.98 Å². The zero-order valence-corrected chi connectivity index (χ0v) is 15.0. The number of hydrogen-bond acceptors (Lipinski definition) is 3. The average molecular weight is 365 g/mol. The molecule has 0 atom stereocenters. The lowest BCUT2D eigenvalue weighted by molar-refractivity contribution is -0.106. The van der Waals surface area contributed by atoms with Gasteiger partial charge in [0.1, 0.15) is 11.6 Å². The summed E-state index contributed by atoms with van der Waals surface area (Å²) in [5, 5.41) is 0.500. The third-order valence-corrected chi connectivity index (χ3v) is 4.88. The van der Waals surface area contributed by atoms with Crippen LogP contribution in [-0.4, -0.2) is 18.0 Å². The molecule has 0 saturated heterocycles. The molecule has 0 aliphatic carbocycles. The molecule has 1 amide bonds. The first-order chi connectivity index (χ1) is 12.7. The topological polar surface area (TPSA) is 42.4 Å².